The summed E-state index contributed by atoms with van der Waals surface area (Å²) in [7, 11) is 3.29. The molecule has 0 radical (unpaired) electrons. The van der Waals surface area contributed by atoms with Gasteiger partial charge in [0.1, 0.15) is 11.5 Å². The minimum atomic E-state index is -0.459. The zero-order chi connectivity index (χ0) is 13.4. The molecule has 0 amide bonds. The molecule has 0 saturated heterocycles. The second kappa shape index (κ2) is 5.04. The number of fused-ring (bicyclic) bond motifs is 1. The molecule has 3 atom stereocenters. The van der Waals surface area contributed by atoms with Crippen molar-refractivity contribution in [2.45, 2.75) is 31.8 Å². The Morgan fingerprint density at radius 2 is 1.58 bits per heavy atom. The fourth-order valence-electron chi connectivity index (χ4n) is 3.88. The summed E-state index contributed by atoms with van der Waals surface area (Å²) in [6.45, 7) is 0. The van der Waals surface area contributed by atoms with E-state index in [4.69, 9.17) is 9.47 Å². The summed E-state index contributed by atoms with van der Waals surface area (Å²) in [5.41, 5.74) is 0.826. The first kappa shape index (κ1) is 12.8. The van der Waals surface area contributed by atoms with Crippen LogP contribution in [0.25, 0.3) is 0 Å². The highest BCUT2D eigenvalue weighted by molar-refractivity contribution is 5.47. The van der Waals surface area contributed by atoms with Crippen LogP contribution in [0, 0.1) is 17.8 Å². The second-order valence-electron chi connectivity index (χ2n) is 5.71. The van der Waals surface area contributed by atoms with E-state index in [0.29, 0.717) is 17.8 Å². The van der Waals surface area contributed by atoms with Gasteiger partial charge in [0.2, 0.25) is 0 Å². The smallest absolute Gasteiger partial charge is 0.128 e. The maximum atomic E-state index is 10.8. The molecule has 0 heterocycles. The van der Waals surface area contributed by atoms with Gasteiger partial charge in [-0.1, -0.05) is 18.9 Å². The summed E-state index contributed by atoms with van der Waals surface area (Å²) < 4.78 is 10.8. The van der Waals surface area contributed by atoms with Crippen molar-refractivity contribution in [1.29, 1.82) is 0 Å². The molecule has 3 nitrogen and oxygen atoms in total. The largest absolute Gasteiger partial charge is 0.496 e. The Morgan fingerprint density at radius 3 is 2.05 bits per heavy atom. The average molecular weight is 262 g/mol. The maximum Gasteiger partial charge on any atom is 0.128 e. The van der Waals surface area contributed by atoms with Crippen LogP contribution in [0.4, 0.5) is 0 Å². The van der Waals surface area contributed by atoms with Crippen LogP contribution in [0.3, 0.4) is 0 Å². The lowest BCUT2D eigenvalue weighted by atomic mass is 10.0. The van der Waals surface area contributed by atoms with Gasteiger partial charge >= 0.3 is 0 Å². The third kappa shape index (κ3) is 2.10. The second-order valence-corrected chi connectivity index (χ2v) is 5.71. The van der Waals surface area contributed by atoms with Gasteiger partial charge < -0.3 is 14.6 Å². The van der Waals surface area contributed by atoms with Gasteiger partial charge in [-0.2, -0.15) is 0 Å². The molecule has 0 aromatic heterocycles. The normalized spacial score (nSPS) is 30.4. The molecule has 2 fully saturated rings. The zero-order valence-electron chi connectivity index (χ0n) is 11.6. The van der Waals surface area contributed by atoms with Gasteiger partial charge in [0, 0.05) is 0 Å². The van der Waals surface area contributed by atoms with E-state index in [2.05, 4.69) is 0 Å². The minimum absolute atomic E-state index is 0.396. The van der Waals surface area contributed by atoms with E-state index >= 15 is 0 Å². The van der Waals surface area contributed by atoms with E-state index in [1.807, 2.05) is 18.2 Å². The summed E-state index contributed by atoms with van der Waals surface area (Å²) in [6.07, 6.45) is 4.70. The van der Waals surface area contributed by atoms with Gasteiger partial charge in [-0.15, -0.1) is 0 Å². The van der Waals surface area contributed by atoms with Crippen LogP contribution in [0.1, 0.15) is 37.4 Å². The van der Waals surface area contributed by atoms with E-state index in [1.165, 1.54) is 25.7 Å². The number of hydrogen-bond acceptors (Lipinski definition) is 3. The summed E-state index contributed by atoms with van der Waals surface area (Å²) in [5, 5.41) is 10.8. The van der Waals surface area contributed by atoms with Crippen LogP contribution < -0.4 is 9.47 Å². The highest BCUT2D eigenvalue weighted by Crippen LogP contribution is 2.61. The van der Waals surface area contributed by atoms with Gasteiger partial charge in [0.25, 0.3) is 0 Å². The molecule has 0 spiro atoms. The fraction of sp³-hybridized carbons (Fsp3) is 0.625. The molecule has 0 aliphatic heterocycles. The first-order valence-corrected chi connectivity index (χ1v) is 7.17. The van der Waals surface area contributed by atoms with Gasteiger partial charge in [-0.25, -0.2) is 0 Å². The number of aliphatic hydroxyl groups is 1. The molecular formula is C16H22O3. The zero-order valence-corrected chi connectivity index (χ0v) is 11.6. The fourth-order valence-corrected chi connectivity index (χ4v) is 3.88. The van der Waals surface area contributed by atoms with Crippen LogP contribution in [0.15, 0.2) is 18.2 Å². The molecule has 2 saturated carbocycles. The van der Waals surface area contributed by atoms with Gasteiger partial charge in [-0.3, -0.25) is 0 Å². The highest BCUT2D eigenvalue weighted by atomic mass is 16.5. The van der Waals surface area contributed by atoms with Gasteiger partial charge in [0.05, 0.1) is 25.9 Å². The summed E-state index contributed by atoms with van der Waals surface area (Å²) in [4.78, 5) is 0. The summed E-state index contributed by atoms with van der Waals surface area (Å²) >= 11 is 0. The quantitative estimate of drug-likeness (QED) is 0.905. The Bertz CT molecular complexity index is 423. The van der Waals surface area contributed by atoms with Crippen LogP contribution in [0.5, 0.6) is 11.5 Å². The van der Waals surface area contributed by atoms with Crippen LogP contribution in [-0.2, 0) is 0 Å². The topological polar surface area (TPSA) is 38.7 Å². The summed E-state index contributed by atoms with van der Waals surface area (Å²) in [5.74, 6) is 3.27. The first-order valence-electron chi connectivity index (χ1n) is 7.17. The van der Waals surface area contributed by atoms with E-state index in [-0.39, 0.29) is 0 Å². The lowest BCUT2D eigenvalue weighted by Gasteiger charge is -2.18. The number of rotatable bonds is 4. The summed E-state index contributed by atoms with van der Waals surface area (Å²) in [6, 6.07) is 5.69. The molecule has 2 aliphatic rings. The van der Waals surface area contributed by atoms with E-state index in [0.717, 1.165) is 17.1 Å². The number of ether oxygens (including phenoxy) is 2. The molecule has 3 heteroatoms. The Labute approximate surface area is 114 Å². The molecule has 2 aliphatic carbocycles. The molecule has 1 N–H and O–H groups in total. The third-order valence-electron chi connectivity index (χ3n) is 4.85. The predicted molar refractivity (Wildman–Crippen MR) is 73.4 cm³/mol. The highest BCUT2D eigenvalue weighted by Gasteiger charge is 2.55. The number of aliphatic hydroxyl groups excluding tert-OH is 1. The SMILES string of the molecule is COc1cccc(OC)c1C(O)C1C2CCCCC21. The van der Waals surface area contributed by atoms with E-state index in [9.17, 15) is 5.11 Å². The molecule has 3 rings (SSSR count). The number of hydrogen-bond donors (Lipinski definition) is 1. The minimum Gasteiger partial charge on any atom is -0.496 e. The number of benzene rings is 1. The lowest BCUT2D eigenvalue weighted by Crippen LogP contribution is -2.07. The van der Waals surface area contributed by atoms with Crippen molar-refractivity contribution in [1.82, 2.24) is 0 Å². The molecular weight excluding hydrogens is 240 g/mol. The van der Waals surface area contributed by atoms with Crippen LogP contribution in [-0.4, -0.2) is 19.3 Å². The first-order chi connectivity index (χ1) is 9.27. The maximum absolute atomic E-state index is 10.8. The van der Waals surface area contributed by atoms with Crippen molar-refractivity contribution in [3.63, 3.8) is 0 Å². The molecule has 1 aromatic rings. The Morgan fingerprint density at radius 1 is 1.05 bits per heavy atom. The molecule has 104 valence electrons. The third-order valence-corrected chi connectivity index (χ3v) is 4.85. The molecule has 0 bridgehead atoms. The Kier molecular flexibility index (Phi) is 3.40. The van der Waals surface area contributed by atoms with Gasteiger partial charge in [-0.05, 0) is 42.7 Å². The van der Waals surface area contributed by atoms with Crippen molar-refractivity contribution in [2.24, 2.45) is 17.8 Å². The predicted octanol–water partition coefficient (Wildman–Crippen LogP) is 3.17. The Hall–Kier alpha value is -1.22. The Balaban J connectivity index is 1.89. The number of methoxy groups -OCH3 is 2. The van der Waals surface area contributed by atoms with Gasteiger partial charge in [0.15, 0.2) is 0 Å². The van der Waals surface area contributed by atoms with Crippen molar-refractivity contribution in [3.05, 3.63) is 23.8 Å². The lowest BCUT2D eigenvalue weighted by molar-refractivity contribution is 0.135. The van der Waals surface area contributed by atoms with Crippen LogP contribution >= 0.6 is 0 Å². The van der Waals surface area contributed by atoms with E-state index < -0.39 is 6.10 Å². The van der Waals surface area contributed by atoms with Crippen molar-refractivity contribution < 1.29 is 14.6 Å². The average Bonchev–Trinajstić information content (AvgIpc) is 3.19. The molecule has 19 heavy (non-hydrogen) atoms. The van der Waals surface area contributed by atoms with Crippen molar-refractivity contribution >= 4 is 0 Å². The molecule has 3 unspecified atom stereocenters. The van der Waals surface area contributed by atoms with Crippen molar-refractivity contribution in [2.75, 3.05) is 14.2 Å². The van der Waals surface area contributed by atoms with Crippen LogP contribution in [0.2, 0.25) is 0 Å². The molecule has 1 aromatic carbocycles. The monoisotopic (exact) mass is 262 g/mol. The van der Waals surface area contributed by atoms with Crippen molar-refractivity contribution in [3.8, 4) is 11.5 Å². The standard InChI is InChI=1S/C16H22O3/c1-18-12-8-5-9-13(19-2)15(12)16(17)14-10-6-3-4-7-11(10)14/h5,8-11,14,16-17H,3-4,6-7H2,1-2H3. The van der Waals surface area contributed by atoms with E-state index in [1.54, 1.807) is 14.2 Å².